The average molecular weight is 347 g/mol. The molecule has 0 saturated heterocycles. The van der Waals surface area contributed by atoms with E-state index < -0.39 is 0 Å². The van der Waals surface area contributed by atoms with E-state index in [0.29, 0.717) is 0 Å². The molecular weight excluding hydrogens is 300 g/mol. The van der Waals surface area contributed by atoms with Gasteiger partial charge in [0, 0.05) is 0 Å². The molecule has 1 unspecified atom stereocenters. The summed E-state index contributed by atoms with van der Waals surface area (Å²) in [6, 6.07) is 0. The summed E-state index contributed by atoms with van der Waals surface area (Å²) in [6.07, 6.45) is 32.9. The van der Waals surface area contributed by atoms with E-state index in [1.165, 1.54) is 116 Å². The number of hydrogen-bond donors (Lipinski definition) is 0. The summed E-state index contributed by atoms with van der Waals surface area (Å²) in [6.45, 7) is 4.60. The molecule has 0 N–H and O–H groups in total. The second-order valence-corrected chi connectivity index (χ2v) is 8.22. The molecule has 25 heavy (non-hydrogen) atoms. The van der Waals surface area contributed by atoms with Crippen LogP contribution < -0.4 is 0 Å². The summed E-state index contributed by atoms with van der Waals surface area (Å²) in [4.78, 5) is 0. The van der Waals surface area contributed by atoms with E-state index in [1.807, 2.05) is 0 Å². The third-order valence-corrected chi connectivity index (χ3v) is 5.82. The first kappa shape index (κ1) is 22.5. The lowest BCUT2D eigenvalue weighted by Gasteiger charge is -2.14. The van der Waals surface area contributed by atoms with E-state index in [0.717, 1.165) is 5.92 Å². The van der Waals surface area contributed by atoms with Crippen LogP contribution in [0.4, 0.5) is 0 Å². The topological polar surface area (TPSA) is 0 Å². The zero-order valence-electron chi connectivity index (χ0n) is 17.5. The van der Waals surface area contributed by atoms with Gasteiger partial charge in [-0.2, -0.15) is 0 Å². The van der Waals surface area contributed by atoms with E-state index in [4.69, 9.17) is 0 Å². The molecule has 0 saturated carbocycles. The molecule has 1 aliphatic carbocycles. The summed E-state index contributed by atoms with van der Waals surface area (Å²) >= 11 is 0. The molecule has 1 rings (SSSR count). The largest absolute Gasteiger partial charge is 0.0773 e. The van der Waals surface area contributed by atoms with Crippen LogP contribution in [-0.4, -0.2) is 0 Å². The summed E-state index contributed by atoms with van der Waals surface area (Å²) in [5.41, 5.74) is 1.73. The number of unbranched alkanes of at least 4 members (excludes halogenated alkanes) is 14. The standard InChI is InChI=1S/C25H46/c1-3-5-7-9-11-13-15-17-20-24-22-19-23-25(24)21-18-16-14-12-10-8-6-4-2/h19,22-24H,3-18,20-21H2,1-2H3. The molecule has 0 bridgehead atoms. The Morgan fingerprint density at radius 3 is 1.64 bits per heavy atom. The minimum Gasteiger partial charge on any atom is -0.0773 e. The minimum absolute atomic E-state index is 0.782. The highest BCUT2D eigenvalue weighted by Gasteiger charge is 2.13. The van der Waals surface area contributed by atoms with Gasteiger partial charge in [-0.3, -0.25) is 0 Å². The highest BCUT2D eigenvalue weighted by Crippen LogP contribution is 2.29. The van der Waals surface area contributed by atoms with Crippen LogP contribution in [0.1, 0.15) is 129 Å². The van der Waals surface area contributed by atoms with Gasteiger partial charge in [0.25, 0.3) is 0 Å². The maximum atomic E-state index is 2.46. The fraction of sp³-hybridized carbons (Fsp3) is 0.840. The molecule has 0 amide bonds. The van der Waals surface area contributed by atoms with Crippen molar-refractivity contribution in [2.24, 2.45) is 5.92 Å². The molecule has 0 aromatic heterocycles. The third-order valence-electron chi connectivity index (χ3n) is 5.82. The third kappa shape index (κ3) is 12.5. The van der Waals surface area contributed by atoms with E-state index >= 15 is 0 Å². The van der Waals surface area contributed by atoms with Crippen molar-refractivity contribution in [3.8, 4) is 0 Å². The van der Waals surface area contributed by atoms with Crippen LogP contribution in [0.25, 0.3) is 0 Å². The predicted molar refractivity (Wildman–Crippen MR) is 115 cm³/mol. The van der Waals surface area contributed by atoms with Gasteiger partial charge in [0.2, 0.25) is 0 Å². The highest BCUT2D eigenvalue weighted by atomic mass is 14.2. The lowest BCUT2D eigenvalue weighted by molar-refractivity contribution is 0.529. The van der Waals surface area contributed by atoms with Crippen molar-refractivity contribution in [3.63, 3.8) is 0 Å². The Labute approximate surface area is 159 Å². The van der Waals surface area contributed by atoms with Gasteiger partial charge < -0.3 is 0 Å². The maximum absolute atomic E-state index is 2.46. The average Bonchev–Trinajstić information content (AvgIpc) is 3.07. The molecule has 146 valence electrons. The van der Waals surface area contributed by atoms with E-state index in [2.05, 4.69) is 32.1 Å². The molecule has 0 nitrogen and oxygen atoms in total. The summed E-state index contributed by atoms with van der Waals surface area (Å²) in [5, 5.41) is 0. The van der Waals surface area contributed by atoms with E-state index in [9.17, 15) is 0 Å². The van der Waals surface area contributed by atoms with Gasteiger partial charge in [-0.15, -0.1) is 0 Å². The van der Waals surface area contributed by atoms with Crippen LogP contribution in [0, 0.1) is 5.92 Å². The van der Waals surface area contributed by atoms with Crippen LogP contribution in [0.3, 0.4) is 0 Å². The monoisotopic (exact) mass is 346 g/mol. The van der Waals surface area contributed by atoms with Gasteiger partial charge in [0.15, 0.2) is 0 Å². The number of rotatable bonds is 18. The van der Waals surface area contributed by atoms with E-state index in [-0.39, 0.29) is 0 Å². The zero-order valence-corrected chi connectivity index (χ0v) is 17.5. The first-order valence-corrected chi connectivity index (χ1v) is 11.8. The zero-order chi connectivity index (χ0) is 18.0. The molecule has 0 aliphatic heterocycles. The molecule has 0 fully saturated rings. The first-order chi connectivity index (χ1) is 12.4. The van der Waals surface area contributed by atoms with Crippen molar-refractivity contribution in [1.82, 2.24) is 0 Å². The minimum atomic E-state index is 0.782. The second-order valence-electron chi connectivity index (χ2n) is 8.22. The molecule has 0 spiro atoms. The predicted octanol–water partition coefficient (Wildman–Crippen LogP) is 9.16. The van der Waals surface area contributed by atoms with Crippen molar-refractivity contribution in [1.29, 1.82) is 0 Å². The summed E-state index contributed by atoms with van der Waals surface area (Å²) in [7, 11) is 0. The van der Waals surface area contributed by atoms with Crippen LogP contribution >= 0.6 is 0 Å². The smallest absolute Gasteiger partial charge is 0.00170 e. The normalized spacial score (nSPS) is 16.6. The van der Waals surface area contributed by atoms with Crippen molar-refractivity contribution in [3.05, 3.63) is 23.8 Å². The summed E-state index contributed by atoms with van der Waals surface area (Å²) < 4.78 is 0. The fourth-order valence-corrected chi connectivity index (χ4v) is 4.07. The Morgan fingerprint density at radius 1 is 0.600 bits per heavy atom. The maximum Gasteiger partial charge on any atom is -0.00170 e. The molecule has 1 aliphatic rings. The van der Waals surface area contributed by atoms with Gasteiger partial charge in [-0.1, -0.05) is 134 Å². The SMILES string of the molecule is CCCCCCCCCCC1=CC=CC1CCCCCCCCCC. The molecular formula is C25H46. The van der Waals surface area contributed by atoms with Gasteiger partial charge in [-0.25, -0.2) is 0 Å². The fourth-order valence-electron chi connectivity index (χ4n) is 4.07. The second kappa shape index (κ2) is 16.9. The number of hydrogen-bond acceptors (Lipinski definition) is 0. The number of allylic oxidation sites excluding steroid dienone is 4. The van der Waals surface area contributed by atoms with Crippen LogP contribution in [-0.2, 0) is 0 Å². The molecule has 0 heterocycles. The molecule has 0 aromatic rings. The first-order valence-electron chi connectivity index (χ1n) is 11.8. The van der Waals surface area contributed by atoms with Crippen molar-refractivity contribution in [2.45, 2.75) is 129 Å². The van der Waals surface area contributed by atoms with Crippen LogP contribution in [0.2, 0.25) is 0 Å². The molecule has 0 aromatic carbocycles. The van der Waals surface area contributed by atoms with Gasteiger partial charge >= 0.3 is 0 Å². The Bertz CT molecular complexity index is 336. The van der Waals surface area contributed by atoms with Gasteiger partial charge in [0.05, 0.1) is 0 Å². The molecule has 0 radical (unpaired) electrons. The van der Waals surface area contributed by atoms with E-state index in [1.54, 1.807) is 5.57 Å². The Hall–Kier alpha value is -0.520. The van der Waals surface area contributed by atoms with Crippen LogP contribution in [0.5, 0.6) is 0 Å². The Balaban J connectivity index is 1.94. The van der Waals surface area contributed by atoms with Crippen LogP contribution in [0.15, 0.2) is 23.8 Å². The molecule has 1 atom stereocenters. The Kier molecular flexibility index (Phi) is 15.2. The van der Waals surface area contributed by atoms with Gasteiger partial charge in [-0.05, 0) is 25.2 Å². The summed E-state index contributed by atoms with van der Waals surface area (Å²) in [5.74, 6) is 0.782. The Morgan fingerprint density at radius 2 is 1.08 bits per heavy atom. The molecule has 0 heteroatoms. The lowest BCUT2D eigenvalue weighted by Crippen LogP contribution is -1.99. The van der Waals surface area contributed by atoms with Crippen molar-refractivity contribution in [2.75, 3.05) is 0 Å². The highest BCUT2D eigenvalue weighted by molar-refractivity contribution is 5.27. The van der Waals surface area contributed by atoms with Crippen molar-refractivity contribution < 1.29 is 0 Å². The van der Waals surface area contributed by atoms with Crippen molar-refractivity contribution >= 4 is 0 Å². The van der Waals surface area contributed by atoms with Gasteiger partial charge in [0.1, 0.15) is 0 Å². The quantitative estimate of drug-likeness (QED) is 0.217. The lowest BCUT2D eigenvalue weighted by atomic mass is 9.91.